The maximum atomic E-state index is 4.50. The molecule has 0 saturated carbocycles. The molecule has 94 valence electrons. The molecule has 0 fully saturated rings. The van der Waals surface area contributed by atoms with Gasteiger partial charge in [-0.1, -0.05) is 57.7 Å². The lowest BCUT2D eigenvalue weighted by molar-refractivity contribution is 0.603. The Morgan fingerprint density at radius 3 is 2.62 bits per heavy atom. The van der Waals surface area contributed by atoms with Crippen molar-refractivity contribution in [2.75, 3.05) is 13.1 Å². The van der Waals surface area contributed by atoms with E-state index in [0.717, 1.165) is 18.3 Å². The number of thioether (sulfide) groups is 1. The van der Waals surface area contributed by atoms with Gasteiger partial charge in [0.25, 0.3) is 0 Å². The highest BCUT2D eigenvalue weighted by atomic mass is 32.2. The van der Waals surface area contributed by atoms with Gasteiger partial charge in [-0.15, -0.1) is 0 Å². The fourth-order valence-corrected chi connectivity index (χ4v) is 2.79. The molecule has 16 heavy (non-hydrogen) atoms. The SMILES string of the molecule is CCCCCCCCNC1=NCC(CC)S1. The van der Waals surface area contributed by atoms with Crippen LogP contribution in [0.5, 0.6) is 0 Å². The second-order valence-corrected chi connectivity index (χ2v) is 5.78. The van der Waals surface area contributed by atoms with Crippen LogP contribution in [0.3, 0.4) is 0 Å². The van der Waals surface area contributed by atoms with E-state index >= 15 is 0 Å². The molecule has 3 heteroatoms. The first-order valence-corrected chi connectivity index (χ1v) is 7.69. The van der Waals surface area contributed by atoms with Crippen LogP contribution in [0.2, 0.25) is 0 Å². The minimum Gasteiger partial charge on any atom is -0.365 e. The van der Waals surface area contributed by atoms with E-state index in [1.807, 2.05) is 11.8 Å². The van der Waals surface area contributed by atoms with E-state index in [1.54, 1.807) is 0 Å². The third-order valence-corrected chi connectivity index (χ3v) is 4.29. The van der Waals surface area contributed by atoms with E-state index in [-0.39, 0.29) is 0 Å². The van der Waals surface area contributed by atoms with E-state index in [2.05, 4.69) is 24.2 Å². The minimum absolute atomic E-state index is 0.729. The van der Waals surface area contributed by atoms with Crippen molar-refractivity contribution in [3.63, 3.8) is 0 Å². The van der Waals surface area contributed by atoms with Gasteiger partial charge in [-0.2, -0.15) is 0 Å². The third kappa shape index (κ3) is 5.78. The summed E-state index contributed by atoms with van der Waals surface area (Å²) in [5.74, 6) is 0. The van der Waals surface area contributed by atoms with Gasteiger partial charge in [0, 0.05) is 11.8 Å². The summed E-state index contributed by atoms with van der Waals surface area (Å²) in [4.78, 5) is 4.50. The van der Waals surface area contributed by atoms with Gasteiger partial charge in [0.05, 0.1) is 6.54 Å². The molecule has 1 atom stereocenters. The summed E-state index contributed by atoms with van der Waals surface area (Å²) in [7, 11) is 0. The lowest BCUT2D eigenvalue weighted by Gasteiger charge is -2.06. The molecule has 1 heterocycles. The molecule has 0 aromatic heterocycles. The minimum atomic E-state index is 0.729. The Kier molecular flexibility index (Phi) is 7.73. The average Bonchev–Trinajstić information content (AvgIpc) is 2.76. The van der Waals surface area contributed by atoms with Crippen molar-refractivity contribution in [3.05, 3.63) is 0 Å². The van der Waals surface area contributed by atoms with Gasteiger partial charge in [-0.3, -0.25) is 4.99 Å². The normalized spacial score (nSPS) is 19.9. The Labute approximate surface area is 105 Å². The van der Waals surface area contributed by atoms with Crippen LogP contribution >= 0.6 is 11.8 Å². The molecule has 0 aromatic carbocycles. The molecule has 1 aliphatic rings. The Morgan fingerprint density at radius 2 is 1.94 bits per heavy atom. The number of nitrogens with zero attached hydrogens (tertiary/aromatic N) is 1. The number of unbranched alkanes of at least 4 members (excludes halogenated alkanes) is 5. The summed E-state index contributed by atoms with van der Waals surface area (Å²) in [5.41, 5.74) is 0. The summed E-state index contributed by atoms with van der Waals surface area (Å²) in [6.45, 7) is 6.62. The Bertz CT molecular complexity index is 204. The van der Waals surface area contributed by atoms with Gasteiger partial charge >= 0.3 is 0 Å². The van der Waals surface area contributed by atoms with E-state index in [0.29, 0.717) is 0 Å². The number of aliphatic imine (C=N–C) groups is 1. The van der Waals surface area contributed by atoms with E-state index < -0.39 is 0 Å². The zero-order valence-corrected chi connectivity index (χ0v) is 11.6. The summed E-state index contributed by atoms with van der Waals surface area (Å²) in [6.07, 6.45) is 9.42. The second kappa shape index (κ2) is 8.91. The van der Waals surface area contributed by atoms with E-state index in [1.165, 1.54) is 50.1 Å². The molecule has 1 aliphatic heterocycles. The highest BCUT2D eigenvalue weighted by Gasteiger charge is 2.16. The lowest BCUT2D eigenvalue weighted by atomic mass is 10.1. The van der Waals surface area contributed by atoms with Crippen molar-refractivity contribution in [2.45, 2.75) is 64.0 Å². The van der Waals surface area contributed by atoms with Crippen LogP contribution in [-0.4, -0.2) is 23.5 Å². The molecule has 2 nitrogen and oxygen atoms in total. The molecule has 0 radical (unpaired) electrons. The lowest BCUT2D eigenvalue weighted by Crippen LogP contribution is -2.20. The summed E-state index contributed by atoms with van der Waals surface area (Å²) in [6, 6.07) is 0. The molecule has 0 spiro atoms. The number of hydrogen-bond donors (Lipinski definition) is 1. The van der Waals surface area contributed by atoms with Gasteiger partial charge in [-0.25, -0.2) is 0 Å². The first kappa shape index (κ1) is 13.9. The first-order chi connectivity index (χ1) is 7.86. The fourth-order valence-electron chi connectivity index (χ4n) is 1.83. The van der Waals surface area contributed by atoms with Crippen LogP contribution in [0, 0.1) is 0 Å². The standard InChI is InChI=1S/C13H26N2S/c1-3-5-6-7-8-9-10-14-13-15-11-12(4-2)16-13/h12H,3-11H2,1-2H3,(H,14,15). The first-order valence-electron chi connectivity index (χ1n) is 6.81. The molecule has 0 saturated heterocycles. The van der Waals surface area contributed by atoms with Crippen molar-refractivity contribution >= 4 is 16.9 Å². The molecular weight excluding hydrogens is 216 g/mol. The van der Waals surface area contributed by atoms with Crippen LogP contribution in [0.1, 0.15) is 58.8 Å². The van der Waals surface area contributed by atoms with Crippen LogP contribution in [0.25, 0.3) is 0 Å². The predicted octanol–water partition coefficient (Wildman–Crippen LogP) is 3.82. The zero-order valence-electron chi connectivity index (χ0n) is 10.8. The molecule has 1 N–H and O–H groups in total. The molecule has 0 bridgehead atoms. The smallest absolute Gasteiger partial charge is 0.156 e. The van der Waals surface area contributed by atoms with Crippen LogP contribution in [0.15, 0.2) is 4.99 Å². The van der Waals surface area contributed by atoms with Crippen LogP contribution in [0.4, 0.5) is 0 Å². The molecular formula is C13H26N2S. The van der Waals surface area contributed by atoms with E-state index in [4.69, 9.17) is 0 Å². The fraction of sp³-hybridized carbons (Fsp3) is 0.923. The van der Waals surface area contributed by atoms with Gasteiger partial charge in [0.1, 0.15) is 0 Å². The van der Waals surface area contributed by atoms with Crippen molar-refractivity contribution in [1.29, 1.82) is 0 Å². The Morgan fingerprint density at radius 1 is 1.19 bits per heavy atom. The van der Waals surface area contributed by atoms with Crippen molar-refractivity contribution in [2.24, 2.45) is 4.99 Å². The van der Waals surface area contributed by atoms with Crippen LogP contribution < -0.4 is 5.32 Å². The van der Waals surface area contributed by atoms with Gasteiger partial charge < -0.3 is 5.32 Å². The zero-order chi connectivity index (χ0) is 11.6. The molecule has 1 unspecified atom stereocenters. The number of amidine groups is 1. The third-order valence-electron chi connectivity index (χ3n) is 2.98. The molecule has 1 rings (SSSR count). The topological polar surface area (TPSA) is 24.4 Å². The number of rotatable bonds is 8. The van der Waals surface area contributed by atoms with Crippen molar-refractivity contribution < 1.29 is 0 Å². The van der Waals surface area contributed by atoms with Gasteiger partial charge in [-0.05, 0) is 12.8 Å². The number of hydrogen-bond acceptors (Lipinski definition) is 3. The van der Waals surface area contributed by atoms with Crippen molar-refractivity contribution in [1.82, 2.24) is 5.32 Å². The average molecular weight is 242 g/mol. The summed E-state index contributed by atoms with van der Waals surface area (Å²) < 4.78 is 0. The number of nitrogens with one attached hydrogen (secondary N) is 1. The Hall–Kier alpha value is -0.180. The van der Waals surface area contributed by atoms with E-state index in [9.17, 15) is 0 Å². The quantitative estimate of drug-likeness (QED) is 0.654. The maximum Gasteiger partial charge on any atom is 0.156 e. The molecule has 0 aliphatic carbocycles. The van der Waals surface area contributed by atoms with Crippen LogP contribution in [-0.2, 0) is 0 Å². The maximum absolute atomic E-state index is 4.50. The largest absolute Gasteiger partial charge is 0.365 e. The second-order valence-electron chi connectivity index (χ2n) is 4.49. The van der Waals surface area contributed by atoms with Crippen molar-refractivity contribution in [3.8, 4) is 0 Å². The van der Waals surface area contributed by atoms with Gasteiger partial charge in [0.2, 0.25) is 0 Å². The molecule has 0 aromatic rings. The predicted molar refractivity (Wildman–Crippen MR) is 75.4 cm³/mol. The summed E-state index contributed by atoms with van der Waals surface area (Å²) >= 11 is 1.92. The summed E-state index contributed by atoms with van der Waals surface area (Å²) in [5, 5.41) is 5.36. The highest BCUT2D eigenvalue weighted by molar-refractivity contribution is 8.14. The monoisotopic (exact) mass is 242 g/mol. The highest BCUT2D eigenvalue weighted by Crippen LogP contribution is 2.21. The molecule has 0 amide bonds. The van der Waals surface area contributed by atoms with Gasteiger partial charge in [0.15, 0.2) is 5.17 Å². The Balaban J connectivity index is 1.88.